The molecule has 182 valence electrons. The maximum absolute atomic E-state index is 13.5. The monoisotopic (exact) mass is 531 g/mol. The summed E-state index contributed by atoms with van der Waals surface area (Å²) in [6.45, 7) is 2.00. The minimum Gasteiger partial charge on any atom is -0.324 e. The number of amides is 2. The molecule has 35 heavy (non-hydrogen) atoms. The number of carbonyl (C=O) groups excluding carboxylic acids is 2. The van der Waals surface area contributed by atoms with Crippen LogP contribution in [0.5, 0.6) is 0 Å². The Morgan fingerprint density at radius 1 is 1.03 bits per heavy atom. The topological polar surface area (TPSA) is 86.8 Å². The van der Waals surface area contributed by atoms with Gasteiger partial charge in [0.2, 0.25) is 11.8 Å². The van der Waals surface area contributed by atoms with Crippen LogP contribution in [0.25, 0.3) is 0 Å². The van der Waals surface area contributed by atoms with E-state index in [0.29, 0.717) is 18.7 Å². The zero-order chi connectivity index (χ0) is 25.2. The quantitative estimate of drug-likeness (QED) is 0.450. The maximum Gasteiger partial charge on any atom is 0.264 e. The summed E-state index contributed by atoms with van der Waals surface area (Å²) in [6.07, 6.45) is 1.27. The second-order valence-electron chi connectivity index (χ2n) is 8.15. The fraction of sp³-hybridized carbons (Fsp3) is 0.200. The minimum absolute atomic E-state index is 0.0223. The lowest BCUT2D eigenvalue weighted by molar-refractivity contribution is -0.117. The molecule has 0 bridgehead atoms. The molecule has 3 aromatic rings. The molecule has 0 aromatic heterocycles. The number of aryl methyl sites for hydroxylation is 1. The van der Waals surface area contributed by atoms with Gasteiger partial charge in [-0.2, -0.15) is 0 Å². The van der Waals surface area contributed by atoms with Crippen LogP contribution >= 0.6 is 23.2 Å². The van der Waals surface area contributed by atoms with Crippen LogP contribution in [0.4, 0.5) is 17.1 Å². The molecule has 0 atom stereocenters. The summed E-state index contributed by atoms with van der Waals surface area (Å²) in [7, 11) is -4.11. The molecule has 1 saturated heterocycles. The first-order valence-electron chi connectivity index (χ1n) is 10.9. The van der Waals surface area contributed by atoms with E-state index in [9.17, 15) is 18.0 Å². The van der Waals surface area contributed by atoms with Gasteiger partial charge in [-0.25, -0.2) is 8.42 Å². The molecule has 0 aliphatic carbocycles. The maximum atomic E-state index is 13.5. The number of nitrogens with zero attached hydrogens (tertiary/aromatic N) is 2. The number of benzene rings is 3. The normalized spacial score (nSPS) is 13.7. The standard InChI is InChI=1S/C25H23Cl2N3O4S/c1-17-9-10-20(15-23(17)29-11-5-8-25(29)32)28-24(31)16-30(21-13-18(26)12-19(27)14-21)35(33,34)22-6-3-2-4-7-22/h2-4,6-7,9-10,12-15H,5,8,11,16H2,1H3,(H,28,31). The van der Waals surface area contributed by atoms with Gasteiger partial charge >= 0.3 is 0 Å². The molecule has 4 rings (SSSR count). The number of hydrogen-bond donors (Lipinski definition) is 1. The van der Waals surface area contributed by atoms with Crippen molar-refractivity contribution in [2.45, 2.75) is 24.7 Å². The van der Waals surface area contributed by atoms with Crippen molar-refractivity contribution in [3.63, 3.8) is 0 Å². The second-order valence-corrected chi connectivity index (χ2v) is 10.9. The van der Waals surface area contributed by atoms with Gasteiger partial charge in [0.25, 0.3) is 10.0 Å². The Labute approximate surface area is 214 Å². The van der Waals surface area contributed by atoms with Crippen LogP contribution in [0.15, 0.2) is 71.6 Å². The van der Waals surface area contributed by atoms with Gasteiger partial charge in [0, 0.05) is 34.4 Å². The van der Waals surface area contributed by atoms with E-state index < -0.39 is 22.5 Å². The van der Waals surface area contributed by atoms with Crippen LogP contribution in [-0.2, 0) is 19.6 Å². The Bertz CT molecular complexity index is 1360. The molecule has 7 nitrogen and oxygen atoms in total. The van der Waals surface area contributed by atoms with Gasteiger partial charge in [0.05, 0.1) is 10.6 Å². The van der Waals surface area contributed by atoms with Crippen molar-refractivity contribution < 1.29 is 18.0 Å². The second kappa shape index (κ2) is 10.3. The van der Waals surface area contributed by atoms with Crippen molar-refractivity contribution in [1.29, 1.82) is 0 Å². The summed E-state index contributed by atoms with van der Waals surface area (Å²) in [5.41, 5.74) is 2.24. The largest absolute Gasteiger partial charge is 0.324 e. The van der Waals surface area contributed by atoms with Crippen molar-refractivity contribution in [3.8, 4) is 0 Å². The Morgan fingerprint density at radius 3 is 2.34 bits per heavy atom. The van der Waals surface area contributed by atoms with E-state index >= 15 is 0 Å². The SMILES string of the molecule is Cc1ccc(NC(=O)CN(c2cc(Cl)cc(Cl)c2)S(=O)(=O)c2ccccc2)cc1N1CCCC1=O. The summed E-state index contributed by atoms with van der Waals surface area (Å²) in [5.74, 6) is -0.530. The summed E-state index contributed by atoms with van der Waals surface area (Å²) < 4.78 is 27.9. The van der Waals surface area contributed by atoms with Crippen molar-refractivity contribution >= 4 is 62.1 Å². The van der Waals surface area contributed by atoms with Gasteiger partial charge in [-0.05, 0) is 61.4 Å². The third kappa shape index (κ3) is 5.61. The summed E-state index contributed by atoms with van der Waals surface area (Å²) in [5, 5.41) is 3.22. The Hall–Kier alpha value is -3.07. The third-order valence-corrected chi connectivity index (χ3v) is 7.84. The zero-order valence-electron chi connectivity index (χ0n) is 18.9. The Morgan fingerprint density at radius 2 is 1.71 bits per heavy atom. The highest BCUT2D eigenvalue weighted by molar-refractivity contribution is 7.92. The van der Waals surface area contributed by atoms with Crippen molar-refractivity contribution in [1.82, 2.24) is 0 Å². The first-order chi connectivity index (χ1) is 16.6. The van der Waals surface area contributed by atoms with E-state index in [1.807, 2.05) is 13.0 Å². The predicted octanol–water partition coefficient (Wildman–Crippen LogP) is 5.26. The number of anilines is 3. The highest BCUT2D eigenvalue weighted by atomic mass is 35.5. The van der Waals surface area contributed by atoms with Crippen LogP contribution in [-0.4, -0.2) is 33.3 Å². The molecule has 0 radical (unpaired) electrons. The fourth-order valence-electron chi connectivity index (χ4n) is 3.93. The van der Waals surface area contributed by atoms with E-state index in [2.05, 4.69) is 5.32 Å². The van der Waals surface area contributed by atoms with Gasteiger partial charge in [0.15, 0.2) is 0 Å². The summed E-state index contributed by atoms with van der Waals surface area (Å²) >= 11 is 12.2. The molecule has 2 amide bonds. The molecule has 1 fully saturated rings. The van der Waals surface area contributed by atoms with Crippen LogP contribution in [0, 0.1) is 6.92 Å². The summed E-state index contributed by atoms with van der Waals surface area (Å²) in [4.78, 5) is 27.0. The number of halogens is 2. The number of sulfonamides is 1. The molecule has 1 aliphatic rings. The van der Waals surface area contributed by atoms with Crippen LogP contribution in [0.2, 0.25) is 10.0 Å². The van der Waals surface area contributed by atoms with Crippen LogP contribution < -0.4 is 14.5 Å². The molecule has 1 N–H and O–H groups in total. The van der Waals surface area contributed by atoms with Crippen molar-refractivity contribution in [2.75, 3.05) is 27.6 Å². The molecule has 0 spiro atoms. The molecular formula is C25H23Cl2N3O4S. The molecule has 10 heteroatoms. The van der Waals surface area contributed by atoms with Gasteiger partial charge < -0.3 is 10.2 Å². The van der Waals surface area contributed by atoms with E-state index in [-0.39, 0.29) is 26.5 Å². The average molecular weight is 532 g/mol. The van der Waals surface area contributed by atoms with E-state index in [1.54, 1.807) is 35.2 Å². The van der Waals surface area contributed by atoms with Gasteiger partial charge in [-0.15, -0.1) is 0 Å². The minimum atomic E-state index is -4.11. The number of nitrogens with one attached hydrogen (secondary N) is 1. The van der Waals surface area contributed by atoms with Crippen molar-refractivity contribution in [3.05, 3.63) is 82.3 Å². The lowest BCUT2D eigenvalue weighted by atomic mass is 10.1. The molecular weight excluding hydrogens is 509 g/mol. The first-order valence-corrected chi connectivity index (χ1v) is 13.1. The van der Waals surface area contributed by atoms with Crippen LogP contribution in [0.1, 0.15) is 18.4 Å². The molecule has 1 heterocycles. The average Bonchev–Trinajstić information content (AvgIpc) is 3.24. The molecule has 0 unspecified atom stereocenters. The summed E-state index contributed by atoms with van der Waals surface area (Å²) in [6, 6.07) is 17.4. The van der Waals surface area contributed by atoms with E-state index in [4.69, 9.17) is 23.2 Å². The third-order valence-electron chi connectivity index (χ3n) is 5.61. The highest BCUT2D eigenvalue weighted by Gasteiger charge is 2.28. The van der Waals surface area contributed by atoms with E-state index in [1.165, 1.54) is 30.3 Å². The smallest absolute Gasteiger partial charge is 0.264 e. The van der Waals surface area contributed by atoms with Gasteiger partial charge in [-0.3, -0.25) is 13.9 Å². The van der Waals surface area contributed by atoms with Crippen molar-refractivity contribution in [2.24, 2.45) is 0 Å². The number of hydrogen-bond acceptors (Lipinski definition) is 4. The lowest BCUT2D eigenvalue weighted by Gasteiger charge is -2.25. The highest BCUT2D eigenvalue weighted by Crippen LogP contribution is 2.31. The molecule has 0 saturated carbocycles. The predicted molar refractivity (Wildman–Crippen MR) is 139 cm³/mol. The Kier molecular flexibility index (Phi) is 7.35. The number of carbonyl (C=O) groups is 2. The van der Waals surface area contributed by atoms with E-state index in [0.717, 1.165) is 22.0 Å². The molecule has 3 aromatic carbocycles. The van der Waals surface area contributed by atoms with Gasteiger partial charge in [0.1, 0.15) is 6.54 Å². The van der Waals surface area contributed by atoms with Gasteiger partial charge in [-0.1, -0.05) is 47.5 Å². The Balaban J connectivity index is 1.64. The number of rotatable bonds is 7. The fourth-order valence-corrected chi connectivity index (χ4v) is 5.87. The first kappa shape index (κ1) is 25.0. The zero-order valence-corrected chi connectivity index (χ0v) is 21.2. The molecule has 1 aliphatic heterocycles. The lowest BCUT2D eigenvalue weighted by Crippen LogP contribution is -2.38. The van der Waals surface area contributed by atoms with Crippen LogP contribution in [0.3, 0.4) is 0 Å².